The number of ether oxygens (including phenoxy) is 1. The van der Waals surface area contributed by atoms with Crippen molar-refractivity contribution in [1.29, 1.82) is 0 Å². The zero-order valence-electron chi connectivity index (χ0n) is 10.6. The van der Waals surface area contributed by atoms with E-state index in [0.29, 0.717) is 31.0 Å². The van der Waals surface area contributed by atoms with Gasteiger partial charge in [0.1, 0.15) is 5.75 Å². The van der Waals surface area contributed by atoms with Gasteiger partial charge in [-0.3, -0.25) is 4.79 Å². The molecule has 6 heteroatoms. The molecule has 2 rings (SSSR count). The van der Waals surface area contributed by atoms with Gasteiger partial charge in [-0.2, -0.15) is 4.98 Å². The summed E-state index contributed by atoms with van der Waals surface area (Å²) in [6.07, 6.45) is 1.46. The van der Waals surface area contributed by atoms with Crippen LogP contribution in [0.4, 0.5) is 0 Å². The molecule has 0 aliphatic heterocycles. The van der Waals surface area contributed by atoms with Crippen molar-refractivity contribution in [2.45, 2.75) is 19.3 Å². The zero-order chi connectivity index (χ0) is 13.7. The summed E-state index contributed by atoms with van der Waals surface area (Å²) in [5.74, 6) is 1.41. The molecule has 2 N–H and O–H groups in total. The molecule has 1 heterocycles. The molecule has 100 valence electrons. The van der Waals surface area contributed by atoms with E-state index in [1.807, 2.05) is 24.3 Å². The van der Waals surface area contributed by atoms with E-state index in [2.05, 4.69) is 10.1 Å². The first kappa shape index (κ1) is 13.1. The van der Waals surface area contributed by atoms with Gasteiger partial charge in [0.05, 0.1) is 7.11 Å². The largest absolute Gasteiger partial charge is 0.497 e. The van der Waals surface area contributed by atoms with Crippen molar-refractivity contribution in [2.24, 2.45) is 5.73 Å². The van der Waals surface area contributed by atoms with E-state index in [1.165, 1.54) is 0 Å². The third kappa shape index (κ3) is 3.54. The highest BCUT2D eigenvalue weighted by molar-refractivity contribution is 5.73. The third-order valence-electron chi connectivity index (χ3n) is 2.61. The first-order chi connectivity index (χ1) is 9.19. The summed E-state index contributed by atoms with van der Waals surface area (Å²) in [4.78, 5) is 14.9. The Morgan fingerprint density at radius 1 is 1.47 bits per heavy atom. The number of carbonyl (C=O) groups excluding carboxylic acids is 1. The lowest BCUT2D eigenvalue weighted by Crippen LogP contribution is -2.10. The number of carbonyl (C=O) groups is 1. The Bertz CT molecular complexity index is 566. The van der Waals surface area contributed by atoms with Gasteiger partial charge in [-0.25, -0.2) is 0 Å². The molecule has 1 amide bonds. The van der Waals surface area contributed by atoms with E-state index in [0.717, 1.165) is 11.3 Å². The number of aryl methyl sites for hydroxylation is 1. The van der Waals surface area contributed by atoms with Gasteiger partial charge in [0.15, 0.2) is 0 Å². The molecule has 0 spiro atoms. The van der Waals surface area contributed by atoms with Crippen molar-refractivity contribution in [3.05, 3.63) is 30.2 Å². The fourth-order valence-electron chi connectivity index (χ4n) is 1.65. The molecule has 0 bridgehead atoms. The number of methoxy groups -OCH3 is 1. The number of amides is 1. The van der Waals surface area contributed by atoms with E-state index in [4.69, 9.17) is 15.0 Å². The zero-order valence-corrected chi connectivity index (χ0v) is 10.6. The van der Waals surface area contributed by atoms with E-state index in [-0.39, 0.29) is 5.91 Å². The SMILES string of the molecule is COc1cccc(-c2noc(CCCC(N)=O)n2)c1. The highest BCUT2D eigenvalue weighted by atomic mass is 16.5. The van der Waals surface area contributed by atoms with Crippen LogP contribution in [0, 0.1) is 0 Å². The Morgan fingerprint density at radius 2 is 2.32 bits per heavy atom. The van der Waals surface area contributed by atoms with Crippen LogP contribution < -0.4 is 10.5 Å². The molecule has 1 aromatic carbocycles. The highest BCUT2D eigenvalue weighted by Gasteiger charge is 2.09. The first-order valence-electron chi connectivity index (χ1n) is 5.94. The molecule has 0 aliphatic carbocycles. The van der Waals surface area contributed by atoms with Crippen LogP contribution in [0.15, 0.2) is 28.8 Å². The topological polar surface area (TPSA) is 91.2 Å². The third-order valence-corrected chi connectivity index (χ3v) is 2.61. The minimum absolute atomic E-state index is 0.316. The van der Waals surface area contributed by atoms with E-state index < -0.39 is 0 Å². The summed E-state index contributed by atoms with van der Waals surface area (Å²) in [6, 6.07) is 7.41. The Morgan fingerprint density at radius 3 is 3.05 bits per heavy atom. The van der Waals surface area contributed by atoms with Crippen molar-refractivity contribution >= 4 is 5.91 Å². The van der Waals surface area contributed by atoms with Crippen LogP contribution in [0.25, 0.3) is 11.4 Å². The van der Waals surface area contributed by atoms with Gasteiger partial charge in [-0.1, -0.05) is 17.3 Å². The van der Waals surface area contributed by atoms with Gasteiger partial charge in [0, 0.05) is 18.4 Å². The Balaban J connectivity index is 2.05. The summed E-state index contributed by atoms with van der Waals surface area (Å²) >= 11 is 0. The second-order valence-electron chi connectivity index (χ2n) is 4.06. The summed E-state index contributed by atoms with van der Waals surface area (Å²) in [5.41, 5.74) is 5.89. The van der Waals surface area contributed by atoms with Gasteiger partial charge < -0.3 is 15.0 Å². The van der Waals surface area contributed by atoms with E-state index in [1.54, 1.807) is 7.11 Å². The highest BCUT2D eigenvalue weighted by Crippen LogP contribution is 2.21. The fourth-order valence-corrected chi connectivity index (χ4v) is 1.65. The molecular weight excluding hydrogens is 246 g/mol. The predicted molar refractivity (Wildman–Crippen MR) is 68.4 cm³/mol. The fraction of sp³-hybridized carbons (Fsp3) is 0.308. The normalized spacial score (nSPS) is 10.4. The summed E-state index contributed by atoms with van der Waals surface area (Å²) in [6.45, 7) is 0. The summed E-state index contributed by atoms with van der Waals surface area (Å²) in [7, 11) is 1.60. The molecule has 19 heavy (non-hydrogen) atoms. The summed E-state index contributed by atoms with van der Waals surface area (Å²) < 4.78 is 10.3. The lowest BCUT2D eigenvalue weighted by Gasteiger charge is -1.99. The second-order valence-corrected chi connectivity index (χ2v) is 4.06. The molecule has 0 atom stereocenters. The lowest BCUT2D eigenvalue weighted by molar-refractivity contribution is -0.118. The average molecular weight is 261 g/mol. The number of nitrogens with zero attached hydrogens (tertiary/aromatic N) is 2. The maximum absolute atomic E-state index is 10.6. The maximum atomic E-state index is 10.6. The number of nitrogens with two attached hydrogens (primary N) is 1. The molecule has 1 aromatic heterocycles. The average Bonchev–Trinajstić information content (AvgIpc) is 2.87. The lowest BCUT2D eigenvalue weighted by atomic mass is 10.2. The van der Waals surface area contributed by atoms with E-state index >= 15 is 0 Å². The number of hydrogen-bond acceptors (Lipinski definition) is 5. The van der Waals surface area contributed by atoms with Crippen LogP contribution in [-0.2, 0) is 11.2 Å². The number of aromatic nitrogens is 2. The standard InChI is InChI=1S/C13H15N3O3/c1-18-10-5-2-4-9(8-10)13-15-12(19-16-13)7-3-6-11(14)17/h2,4-5,8H,3,6-7H2,1H3,(H2,14,17). The molecule has 6 nitrogen and oxygen atoms in total. The van der Waals surface area contributed by atoms with E-state index in [9.17, 15) is 4.79 Å². The minimum atomic E-state index is -0.326. The van der Waals surface area contributed by atoms with Crippen molar-refractivity contribution < 1.29 is 14.1 Å². The molecule has 0 saturated heterocycles. The molecule has 0 aliphatic rings. The van der Waals surface area contributed by atoms with Crippen LogP contribution in [0.1, 0.15) is 18.7 Å². The second kappa shape index (κ2) is 5.99. The van der Waals surface area contributed by atoms with Gasteiger partial charge in [-0.05, 0) is 18.6 Å². The minimum Gasteiger partial charge on any atom is -0.497 e. The quantitative estimate of drug-likeness (QED) is 0.851. The van der Waals surface area contributed by atoms with Crippen molar-refractivity contribution in [3.8, 4) is 17.1 Å². The van der Waals surface area contributed by atoms with Crippen LogP contribution in [0.3, 0.4) is 0 Å². The van der Waals surface area contributed by atoms with Crippen molar-refractivity contribution in [3.63, 3.8) is 0 Å². The number of hydrogen-bond donors (Lipinski definition) is 1. The summed E-state index contributed by atoms with van der Waals surface area (Å²) in [5, 5.41) is 3.90. The number of primary amides is 1. The smallest absolute Gasteiger partial charge is 0.226 e. The Kier molecular flexibility index (Phi) is 4.12. The van der Waals surface area contributed by atoms with Crippen LogP contribution >= 0.6 is 0 Å². The molecular formula is C13H15N3O3. The first-order valence-corrected chi connectivity index (χ1v) is 5.94. The molecule has 0 saturated carbocycles. The number of benzene rings is 1. The predicted octanol–water partition coefficient (Wildman–Crippen LogP) is 1.55. The van der Waals surface area contributed by atoms with Crippen molar-refractivity contribution in [1.82, 2.24) is 10.1 Å². The Labute approximate surface area is 110 Å². The van der Waals surface area contributed by atoms with Gasteiger partial charge >= 0.3 is 0 Å². The van der Waals surface area contributed by atoms with Crippen LogP contribution in [0.5, 0.6) is 5.75 Å². The maximum Gasteiger partial charge on any atom is 0.226 e. The van der Waals surface area contributed by atoms with Gasteiger partial charge in [-0.15, -0.1) is 0 Å². The monoisotopic (exact) mass is 261 g/mol. The van der Waals surface area contributed by atoms with Gasteiger partial charge in [0.25, 0.3) is 0 Å². The molecule has 2 aromatic rings. The Hall–Kier alpha value is -2.37. The van der Waals surface area contributed by atoms with Crippen molar-refractivity contribution in [2.75, 3.05) is 7.11 Å². The van der Waals surface area contributed by atoms with Crippen LogP contribution in [0.2, 0.25) is 0 Å². The van der Waals surface area contributed by atoms with Crippen LogP contribution in [-0.4, -0.2) is 23.2 Å². The molecule has 0 fully saturated rings. The molecule has 0 radical (unpaired) electrons. The molecule has 0 unspecified atom stereocenters. The number of rotatable bonds is 6. The van der Waals surface area contributed by atoms with Gasteiger partial charge in [0.2, 0.25) is 17.6 Å².